The van der Waals surface area contributed by atoms with Crippen molar-refractivity contribution in [2.24, 2.45) is 5.92 Å². The second-order valence-corrected chi connectivity index (χ2v) is 9.87. The van der Waals surface area contributed by atoms with Gasteiger partial charge >= 0.3 is 0 Å². The number of ether oxygens (including phenoxy) is 1. The first-order valence-electron chi connectivity index (χ1n) is 13.1. The lowest BCUT2D eigenvalue weighted by molar-refractivity contribution is -0.139. The summed E-state index contributed by atoms with van der Waals surface area (Å²) in [5.74, 6) is -0.988. The molecular formula is C30H35N3O6. The maximum Gasteiger partial charge on any atom is 0.264 e. The van der Waals surface area contributed by atoms with E-state index in [0.29, 0.717) is 34.8 Å². The highest BCUT2D eigenvalue weighted by Crippen LogP contribution is 2.46. The molecule has 1 saturated heterocycles. The van der Waals surface area contributed by atoms with Gasteiger partial charge in [0.25, 0.3) is 11.8 Å². The molecular weight excluding hydrogens is 498 g/mol. The quantitative estimate of drug-likeness (QED) is 0.404. The van der Waals surface area contributed by atoms with Crippen LogP contribution in [-0.4, -0.2) is 65.7 Å². The number of hydrogen-bond acceptors (Lipinski definition) is 6. The summed E-state index contributed by atoms with van der Waals surface area (Å²) >= 11 is 0. The number of aliphatic hydroxyl groups is 2. The summed E-state index contributed by atoms with van der Waals surface area (Å²) in [5, 5.41) is 24.2. The molecule has 2 aromatic carbocycles. The second kappa shape index (κ2) is 11.8. The summed E-state index contributed by atoms with van der Waals surface area (Å²) < 4.78 is 5.14. The molecule has 0 aliphatic carbocycles. The van der Waals surface area contributed by atoms with Gasteiger partial charge in [0.05, 0.1) is 25.4 Å². The predicted molar refractivity (Wildman–Crippen MR) is 149 cm³/mol. The lowest BCUT2D eigenvalue weighted by Gasteiger charge is -2.27. The first kappa shape index (κ1) is 28.1. The summed E-state index contributed by atoms with van der Waals surface area (Å²) in [4.78, 5) is 42.2. The number of rotatable bonds is 10. The van der Waals surface area contributed by atoms with Crippen molar-refractivity contribution in [2.75, 3.05) is 37.0 Å². The summed E-state index contributed by atoms with van der Waals surface area (Å²) in [6, 6.07) is 11.5. The first-order chi connectivity index (χ1) is 18.7. The van der Waals surface area contributed by atoms with Gasteiger partial charge in [-0.2, -0.15) is 0 Å². The first-order valence-corrected chi connectivity index (χ1v) is 13.1. The number of hydrogen-bond donors (Lipinski definition) is 3. The third kappa shape index (κ3) is 5.46. The van der Waals surface area contributed by atoms with Crippen LogP contribution in [0.4, 0.5) is 11.4 Å². The fourth-order valence-electron chi connectivity index (χ4n) is 5.26. The molecule has 2 heterocycles. The lowest BCUT2D eigenvalue weighted by atomic mass is 9.82. The second-order valence-electron chi connectivity index (χ2n) is 9.87. The maximum atomic E-state index is 13.5. The Labute approximate surface area is 228 Å². The number of benzene rings is 2. The molecule has 3 N–H and O–H groups in total. The number of likely N-dealkylation sites (tertiary alicyclic amines) is 1. The van der Waals surface area contributed by atoms with E-state index in [4.69, 9.17) is 4.74 Å². The molecule has 4 rings (SSSR count). The maximum absolute atomic E-state index is 13.5. The Bertz CT molecular complexity index is 1270. The Balaban J connectivity index is 1.56. The summed E-state index contributed by atoms with van der Waals surface area (Å²) in [6.07, 6.45) is 6.66. The van der Waals surface area contributed by atoms with E-state index in [0.717, 1.165) is 12.8 Å². The van der Waals surface area contributed by atoms with Crippen LogP contribution in [0.1, 0.15) is 42.1 Å². The highest BCUT2D eigenvalue weighted by atomic mass is 16.5. The minimum atomic E-state index is -1.90. The van der Waals surface area contributed by atoms with E-state index in [1.165, 1.54) is 4.90 Å². The van der Waals surface area contributed by atoms with E-state index in [-0.39, 0.29) is 37.4 Å². The van der Waals surface area contributed by atoms with Crippen LogP contribution in [0, 0.1) is 5.92 Å². The Kier molecular flexibility index (Phi) is 8.52. The largest absolute Gasteiger partial charge is 0.497 e. The van der Waals surface area contributed by atoms with Crippen LogP contribution in [0.25, 0.3) is 0 Å². The van der Waals surface area contributed by atoms with Crippen molar-refractivity contribution >= 4 is 29.1 Å². The number of anilines is 2. The number of carbonyl (C=O) groups is 3. The Morgan fingerprint density at radius 1 is 1.26 bits per heavy atom. The minimum absolute atomic E-state index is 0.0621. The molecule has 0 unspecified atom stereocenters. The molecule has 3 atom stereocenters. The van der Waals surface area contributed by atoms with Crippen LogP contribution in [0.15, 0.2) is 67.3 Å². The average Bonchev–Trinajstić information content (AvgIpc) is 3.51. The highest BCUT2D eigenvalue weighted by Gasteiger charge is 2.52. The number of fused-ring (bicyclic) bond motifs is 1. The SMILES string of the molecule is C=CCN1C(=O)[C@](O)([C@H](C)/C=C/CC(=O)N2CCC[C@H]2CO)c2cc(NC(=O)c3ccc(OC)cc3)ccc21. The molecule has 2 aromatic rings. The molecule has 0 radical (unpaired) electrons. The van der Waals surface area contributed by atoms with Crippen molar-refractivity contribution in [3.05, 3.63) is 78.4 Å². The van der Waals surface area contributed by atoms with Gasteiger partial charge in [-0.15, -0.1) is 6.58 Å². The topological polar surface area (TPSA) is 119 Å². The number of nitrogens with zero attached hydrogens (tertiary/aromatic N) is 2. The van der Waals surface area contributed by atoms with E-state index in [1.54, 1.807) is 79.6 Å². The molecule has 0 bridgehead atoms. The third-order valence-electron chi connectivity index (χ3n) is 7.48. The van der Waals surface area contributed by atoms with Crippen molar-refractivity contribution < 1.29 is 29.3 Å². The van der Waals surface area contributed by atoms with Crippen molar-refractivity contribution in [1.82, 2.24) is 4.90 Å². The molecule has 9 heteroatoms. The molecule has 9 nitrogen and oxygen atoms in total. The molecule has 2 aliphatic rings. The van der Waals surface area contributed by atoms with Crippen LogP contribution < -0.4 is 15.0 Å². The molecule has 2 aliphatic heterocycles. The van der Waals surface area contributed by atoms with Crippen molar-refractivity contribution in [3.8, 4) is 5.75 Å². The van der Waals surface area contributed by atoms with E-state index >= 15 is 0 Å². The fraction of sp³-hybridized carbons (Fsp3) is 0.367. The van der Waals surface area contributed by atoms with Gasteiger partial charge in [-0.1, -0.05) is 25.2 Å². The summed E-state index contributed by atoms with van der Waals surface area (Å²) in [5.41, 5.74) is -0.149. The van der Waals surface area contributed by atoms with Crippen molar-refractivity contribution in [1.29, 1.82) is 0 Å². The lowest BCUT2D eigenvalue weighted by Crippen LogP contribution is -2.44. The van der Waals surface area contributed by atoms with Gasteiger partial charge < -0.3 is 30.1 Å². The molecule has 0 saturated carbocycles. The van der Waals surface area contributed by atoms with E-state index in [2.05, 4.69) is 11.9 Å². The molecule has 206 valence electrons. The molecule has 0 aromatic heterocycles. The van der Waals surface area contributed by atoms with Crippen LogP contribution >= 0.6 is 0 Å². The monoisotopic (exact) mass is 533 g/mol. The zero-order chi connectivity index (χ0) is 28.2. The predicted octanol–water partition coefficient (Wildman–Crippen LogP) is 3.23. The van der Waals surface area contributed by atoms with Gasteiger partial charge in [0.1, 0.15) is 5.75 Å². The summed E-state index contributed by atoms with van der Waals surface area (Å²) in [7, 11) is 1.55. The number of methoxy groups -OCH3 is 1. The van der Waals surface area contributed by atoms with Gasteiger partial charge in [0.15, 0.2) is 5.60 Å². The molecule has 39 heavy (non-hydrogen) atoms. The number of carbonyl (C=O) groups excluding carboxylic acids is 3. The standard InChI is InChI=1S/C30H35N3O6/c1-4-16-33-26-15-12-22(31-28(36)21-10-13-24(39-3)14-11-21)18-25(26)30(38,29(33)37)20(2)7-5-9-27(35)32-17-6-8-23(32)19-34/h4-5,7,10-15,18,20,23,34,38H,1,6,8-9,16-17,19H2,2-3H3,(H,31,36)/b7-5+/t20-,23+,30+/m1/s1. The third-order valence-corrected chi connectivity index (χ3v) is 7.48. The van der Waals surface area contributed by atoms with Gasteiger partial charge in [0.2, 0.25) is 5.91 Å². The van der Waals surface area contributed by atoms with Gasteiger partial charge in [-0.3, -0.25) is 14.4 Å². The highest BCUT2D eigenvalue weighted by molar-refractivity contribution is 6.09. The van der Waals surface area contributed by atoms with E-state index in [9.17, 15) is 24.6 Å². The van der Waals surface area contributed by atoms with Crippen LogP contribution in [-0.2, 0) is 15.2 Å². The van der Waals surface area contributed by atoms with Gasteiger partial charge in [0, 0.05) is 42.2 Å². The number of amides is 3. The Morgan fingerprint density at radius 3 is 2.67 bits per heavy atom. The van der Waals surface area contributed by atoms with E-state index < -0.39 is 17.4 Å². The zero-order valence-corrected chi connectivity index (χ0v) is 22.3. The molecule has 0 spiro atoms. The number of nitrogens with one attached hydrogen (secondary N) is 1. The molecule has 3 amide bonds. The number of aliphatic hydroxyl groups excluding tert-OH is 1. The van der Waals surface area contributed by atoms with Gasteiger partial charge in [-0.25, -0.2) is 0 Å². The minimum Gasteiger partial charge on any atom is -0.497 e. The smallest absolute Gasteiger partial charge is 0.264 e. The average molecular weight is 534 g/mol. The van der Waals surface area contributed by atoms with E-state index in [1.807, 2.05) is 0 Å². The van der Waals surface area contributed by atoms with Crippen LogP contribution in [0.5, 0.6) is 5.75 Å². The normalized spacial score (nSPS) is 21.2. The van der Waals surface area contributed by atoms with Gasteiger partial charge in [-0.05, 0) is 55.3 Å². The Hall–Kier alpha value is -3.95. The fourth-order valence-corrected chi connectivity index (χ4v) is 5.26. The van der Waals surface area contributed by atoms with Crippen molar-refractivity contribution in [2.45, 2.75) is 37.8 Å². The van der Waals surface area contributed by atoms with Crippen LogP contribution in [0.2, 0.25) is 0 Å². The molecule has 1 fully saturated rings. The zero-order valence-electron chi connectivity index (χ0n) is 22.3. The summed E-state index contributed by atoms with van der Waals surface area (Å²) in [6.45, 7) is 6.21. The van der Waals surface area contributed by atoms with Crippen molar-refractivity contribution in [3.63, 3.8) is 0 Å². The Morgan fingerprint density at radius 2 is 2.00 bits per heavy atom. The van der Waals surface area contributed by atoms with Crippen LogP contribution in [0.3, 0.4) is 0 Å².